The van der Waals surface area contributed by atoms with E-state index in [0.717, 1.165) is 44.7 Å². The van der Waals surface area contributed by atoms with Gasteiger partial charge in [0.2, 0.25) is 0 Å². The topological polar surface area (TPSA) is 125 Å². The molecule has 0 aliphatic carbocycles. The fourth-order valence-corrected chi connectivity index (χ4v) is 6.51. The summed E-state index contributed by atoms with van der Waals surface area (Å²) in [5, 5.41) is 17.1. The largest absolute Gasteiger partial charge is 0.467 e. The Morgan fingerprint density at radius 2 is 1.87 bits per heavy atom. The zero-order chi connectivity index (χ0) is 34.7. The first-order chi connectivity index (χ1) is 22.1. The molecule has 12 heteroatoms. The maximum atomic E-state index is 12.5. The van der Waals surface area contributed by atoms with Gasteiger partial charge in [0.05, 0.1) is 40.3 Å². The van der Waals surface area contributed by atoms with Gasteiger partial charge in [-0.1, -0.05) is 31.5 Å². The SMILES string of the molecule is CCn1c(-c2cc(Cl)cnc2[C@H](C)OC)c(CC(C)(C)CO)c2cc(-c3csc(C[C@H](NC(=O)OC(C)(C)C)C(=O)OC)n3)ccc21. The molecule has 1 aromatic carbocycles. The number of esters is 1. The van der Waals surface area contributed by atoms with Crippen molar-refractivity contribution >= 4 is 45.9 Å². The van der Waals surface area contributed by atoms with Gasteiger partial charge in [0, 0.05) is 60.3 Å². The van der Waals surface area contributed by atoms with E-state index in [9.17, 15) is 14.7 Å². The number of nitrogens with zero attached hydrogens (tertiary/aromatic N) is 3. The Labute approximate surface area is 285 Å². The first-order valence-electron chi connectivity index (χ1n) is 15.6. The zero-order valence-electron chi connectivity index (χ0n) is 28.6. The number of methoxy groups -OCH3 is 2. The second kappa shape index (κ2) is 14.7. The lowest BCUT2D eigenvalue weighted by atomic mass is 9.84. The van der Waals surface area contributed by atoms with Gasteiger partial charge in [-0.2, -0.15) is 0 Å². The molecule has 254 valence electrons. The average Bonchev–Trinajstić information content (AvgIpc) is 3.60. The highest BCUT2D eigenvalue weighted by Crippen LogP contribution is 2.42. The number of alkyl carbamates (subject to hydrolysis) is 1. The molecule has 2 N–H and O–H groups in total. The standard InChI is InChI=1S/C35H45ClN4O6S/c1-10-40-28-12-11-21(27-18-47-29(38-27)15-26(32(42)45-9)39-33(43)46-34(3,4)5)13-23(28)25(16-35(6,7)19-41)31(40)24-14-22(36)17-37-30(24)20(2)44-8/h11-14,17-18,20,26,41H,10,15-16,19H2,1-9H3,(H,39,43)/t20-,26-/m0/s1. The van der Waals surface area contributed by atoms with E-state index in [1.165, 1.54) is 18.4 Å². The quantitative estimate of drug-likeness (QED) is 0.148. The summed E-state index contributed by atoms with van der Waals surface area (Å²) < 4.78 is 18.2. The number of nitrogens with one attached hydrogen (secondary N) is 1. The molecule has 2 atom stereocenters. The van der Waals surface area contributed by atoms with Crippen molar-refractivity contribution in [1.82, 2.24) is 19.9 Å². The van der Waals surface area contributed by atoms with Gasteiger partial charge in [-0.25, -0.2) is 14.6 Å². The summed E-state index contributed by atoms with van der Waals surface area (Å²) in [6.45, 7) is 14.1. The average molecular weight is 685 g/mol. The predicted molar refractivity (Wildman–Crippen MR) is 186 cm³/mol. The van der Waals surface area contributed by atoms with Crippen LogP contribution >= 0.6 is 22.9 Å². The zero-order valence-corrected chi connectivity index (χ0v) is 30.1. The molecule has 0 unspecified atom stereocenters. The van der Waals surface area contributed by atoms with Crippen molar-refractivity contribution in [3.8, 4) is 22.5 Å². The number of benzene rings is 1. The second-order valence-corrected chi connectivity index (χ2v) is 14.7. The number of aromatic nitrogens is 3. The smallest absolute Gasteiger partial charge is 0.408 e. The molecule has 4 aromatic rings. The van der Waals surface area contributed by atoms with Crippen LogP contribution in [0.3, 0.4) is 0 Å². The molecule has 0 saturated carbocycles. The van der Waals surface area contributed by atoms with Crippen LogP contribution in [0.5, 0.6) is 0 Å². The van der Waals surface area contributed by atoms with Gasteiger partial charge < -0.3 is 29.2 Å². The summed E-state index contributed by atoms with van der Waals surface area (Å²) >= 11 is 7.93. The van der Waals surface area contributed by atoms with Crippen LogP contribution in [-0.2, 0) is 38.4 Å². The van der Waals surface area contributed by atoms with Crippen LogP contribution in [0.1, 0.15) is 70.8 Å². The van der Waals surface area contributed by atoms with Gasteiger partial charge in [-0.3, -0.25) is 4.98 Å². The summed E-state index contributed by atoms with van der Waals surface area (Å²) in [7, 11) is 2.94. The highest BCUT2D eigenvalue weighted by molar-refractivity contribution is 7.10. The van der Waals surface area contributed by atoms with Crippen LogP contribution < -0.4 is 5.32 Å². The minimum absolute atomic E-state index is 0.00813. The van der Waals surface area contributed by atoms with E-state index in [1.54, 1.807) is 34.1 Å². The number of hydrogen-bond acceptors (Lipinski definition) is 9. The lowest BCUT2D eigenvalue weighted by molar-refractivity contribution is -0.143. The number of rotatable bonds is 12. The number of aryl methyl sites for hydroxylation is 1. The van der Waals surface area contributed by atoms with Crippen LogP contribution in [0, 0.1) is 5.41 Å². The molecule has 47 heavy (non-hydrogen) atoms. The summed E-state index contributed by atoms with van der Waals surface area (Å²) in [6.07, 6.45) is 1.40. The molecular weight excluding hydrogens is 640 g/mol. The van der Waals surface area contributed by atoms with E-state index in [-0.39, 0.29) is 19.1 Å². The Balaban J connectivity index is 1.81. The summed E-state index contributed by atoms with van der Waals surface area (Å²) in [5.41, 5.74) is 5.27. The molecule has 0 bridgehead atoms. The van der Waals surface area contributed by atoms with Gasteiger partial charge in [0.15, 0.2) is 0 Å². The maximum absolute atomic E-state index is 12.5. The van der Waals surface area contributed by atoms with E-state index in [1.807, 2.05) is 38.3 Å². The van der Waals surface area contributed by atoms with Gasteiger partial charge >= 0.3 is 12.1 Å². The van der Waals surface area contributed by atoms with Gasteiger partial charge in [0.25, 0.3) is 0 Å². The fourth-order valence-electron chi connectivity index (χ4n) is 5.51. The molecule has 3 aromatic heterocycles. The molecule has 0 aliphatic rings. The van der Waals surface area contributed by atoms with Gasteiger partial charge in [-0.15, -0.1) is 11.3 Å². The van der Waals surface area contributed by atoms with E-state index >= 15 is 0 Å². The number of fused-ring (bicyclic) bond motifs is 1. The van der Waals surface area contributed by atoms with Crippen LogP contribution in [0.25, 0.3) is 33.4 Å². The minimum Gasteiger partial charge on any atom is -0.467 e. The summed E-state index contributed by atoms with van der Waals surface area (Å²) in [4.78, 5) is 34.5. The third-order valence-electron chi connectivity index (χ3n) is 7.85. The summed E-state index contributed by atoms with van der Waals surface area (Å²) in [5.74, 6) is -0.587. The molecule has 0 fully saturated rings. The van der Waals surface area contributed by atoms with E-state index in [4.69, 9.17) is 30.8 Å². The highest BCUT2D eigenvalue weighted by atomic mass is 35.5. The van der Waals surface area contributed by atoms with E-state index in [2.05, 4.69) is 33.9 Å². The highest BCUT2D eigenvalue weighted by Gasteiger charge is 2.29. The minimum atomic E-state index is -0.959. The number of ether oxygens (including phenoxy) is 3. The van der Waals surface area contributed by atoms with Gasteiger partial charge in [0.1, 0.15) is 11.6 Å². The Morgan fingerprint density at radius 3 is 2.49 bits per heavy atom. The van der Waals surface area contributed by atoms with Crippen molar-refractivity contribution < 1.29 is 28.9 Å². The first-order valence-corrected chi connectivity index (χ1v) is 16.8. The Hall–Kier alpha value is -3.51. The van der Waals surface area contributed by atoms with Crippen molar-refractivity contribution in [2.45, 2.75) is 85.6 Å². The number of carbonyl (C=O) groups excluding carboxylic acids is 2. The van der Waals surface area contributed by atoms with Crippen molar-refractivity contribution in [2.24, 2.45) is 5.41 Å². The Morgan fingerprint density at radius 1 is 1.15 bits per heavy atom. The van der Waals surface area contributed by atoms with Crippen LogP contribution in [0.2, 0.25) is 5.02 Å². The molecule has 1 amide bonds. The van der Waals surface area contributed by atoms with Crippen LogP contribution in [0.15, 0.2) is 35.8 Å². The molecule has 3 heterocycles. The number of carbonyl (C=O) groups is 2. The first kappa shape index (κ1) is 36.3. The maximum Gasteiger partial charge on any atom is 0.408 e. The van der Waals surface area contributed by atoms with Gasteiger partial charge in [-0.05, 0) is 70.2 Å². The van der Waals surface area contributed by atoms with Crippen molar-refractivity contribution in [3.63, 3.8) is 0 Å². The molecule has 4 rings (SSSR count). The van der Waals surface area contributed by atoms with Crippen LogP contribution in [-0.4, -0.2) is 64.2 Å². The number of pyridine rings is 1. The lowest BCUT2D eigenvalue weighted by Gasteiger charge is -2.24. The van der Waals surface area contributed by atoms with E-state index in [0.29, 0.717) is 23.0 Å². The lowest BCUT2D eigenvalue weighted by Crippen LogP contribution is -2.45. The predicted octanol–water partition coefficient (Wildman–Crippen LogP) is 7.38. The fraction of sp³-hybridized carbons (Fsp3) is 0.486. The second-order valence-electron chi connectivity index (χ2n) is 13.3. The number of halogens is 1. The number of aliphatic hydroxyl groups is 1. The third-order valence-corrected chi connectivity index (χ3v) is 8.93. The van der Waals surface area contributed by atoms with Crippen molar-refractivity contribution in [1.29, 1.82) is 0 Å². The number of hydrogen-bond donors (Lipinski definition) is 2. The number of amides is 1. The molecule has 10 nitrogen and oxygen atoms in total. The third kappa shape index (κ3) is 8.51. The Bertz CT molecular complexity index is 1740. The number of thiazole rings is 1. The monoisotopic (exact) mass is 684 g/mol. The normalized spacial score (nSPS) is 13.4. The Kier molecular flexibility index (Phi) is 11.4. The molecule has 0 radical (unpaired) electrons. The molecule has 0 aliphatic heterocycles. The molecule has 0 saturated heterocycles. The summed E-state index contributed by atoms with van der Waals surface area (Å²) in [6, 6.07) is 7.22. The van der Waals surface area contributed by atoms with Crippen LogP contribution in [0.4, 0.5) is 4.79 Å². The van der Waals surface area contributed by atoms with Crippen molar-refractivity contribution in [3.05, 3.63) is 57.1 Å². The number of aliphatic hydroxyl groups excluding tert-OH is 1. The van der Waals surface area contributed by atoms with Crippen molar-refractivity contribution in [2.75, 3.05) is 20.8 Å². The van der Waals surface area contributed by atoms with E-state index < -0.39 is 29.1 Å². The molecular formula is C35H45ClN4O6S. The molecule has 0 spiro atoms.